The molecule has 8 heterocycles. The van der Waals surface area contributed by atoms with Crippen LogP contribution in [0.15, 0.2) is 86.0 Å². The summed E-state index contributed by atoms with van der Waals surface area (Å²) in [5, 5.41) is 0. The topological polar surface area (TPSA) is 99.3 Å². The van der Waals surface area contributed by atoms with Crippen molar-refractivity contribution < 1.29 is 18.0 Å². The van der Waals surface area contributed by atoms with Gasteiger partial charge in [0.1, 0.15) is 45.4 Å². The fourth-order valence-electron chi connectivity index (χ4n) is 5.50. The van der Waals surface area contributed by atoms with Gasteiger partial charge in [0.25, 0.3) is 0 Å². The third kappa shape index (κ3) is 9.49. The van der Waals surface area contributed by atoms with E-state index in [-0.39, 0.29) is 21.0 Å². The quantitative estimate of drug-likeness (QED) is 0.111. The molecule has 2 aliphatic heterocycles. The Kier molecular flexibility index (Phi) is 12.0. The monoisotopic (exact) mass is 897 g/mol. The second kappa shape index (κ2) is 16.6. The van der Waals surface area contributed by atoms with Crippen molar-refractivity contribution in [1.29, 1.82) is 3.56 Å². The Morgan fingerprint density at radius 2 is 1.31 bits per heavy atom. The fourth-order valence-corrected chi connectivity index (χ4v) is 7.66. The van der Waals surface area contributed by atoms with Crippen LogP contribution < -0.4 is 0 Å². The van der Waals surface area contributed by atoms with E-state index in [0.717, 1.165) is 40.0 Å². The second-order valence-corrected chi connectivity index (χ2v) is 15.7. The van der Waals surface area contributed by atoms with Gasteiger partial charge in [0.05, 0.1) is 6.20 Å². The number of likely N-dealkylation sites (tertiary alicyclic amines) is 2. The van der Waals surface area contributed by atoms with Gasteiger partial charge in [0.15, 0.2) is 0 Å². The maximum absolute atomic E-state index is 12.7. The molecular weight excluding hydrogens is 861 g/mol. The molecule has 0 aromatic carbocycles. The van der Waals surface area contributed by atoms with Crippen molar-refractivity contribution in [3.63, 3.8) is 0 Å². The lowest BCUT2D eigenvalue weighted by Crippen LogP contribution is -2.47. The zero-order chi connectivity index (χ0) is 34.3. The van der Waals surface area contributed by atoms with Crippen molar-refractivity contribution in [2.75, 3.05) is 26.2 Å². The molecule has 10 nitrogen and oxygen atoms in total. The number of imidazole rings is 3. The molecule has 6 aromatic rings. The van der Waals surface area contributed by atoms with Crippen molar-refractivity contribution in [1.82, 2.24) is 38.0 Å². The molecule has 1 N–H and O–H groups in total. The summed E-state index contributed by atoms with van der Waals surface area (Å²) >= 11 is 1.87. The van der Waals surface area contributed by atoms with Crippen molar-refractivity contribution in [2.24, 2.45) is 0 Å². The number of halogens is 5. The number of nitrogens with zero attached hydrogens (tertiary/aromatic N) is 8. The Morgan fingerprint density at radius 3 is 1.84 bits per heavy atom. The van der Waals surface area contributed by atoms with E-state index >= 15 is 0 Å². The Hall–Kier alpha value is -3.29. The normalized spacial score (nSPS) is 19.4. The summed E-state index contributed by atoms with van der Waals surface area (Å²) in [5.41, 5.74) is 5.75. The van der Waals surface area contributed by atoms with Gasteiger partial charge in [-0.25, -0.2) is 28.1 Å². The predicted molar refractivity (Wildman–Crippen MR) is 199 cm³/mol. The zero-order valence-electron chi connectivity index (χ0n) is 26.5. The third-order valence-corrected chi connectivity index (χ3v) is 11.1. The minimum atomic E-state index is -0.629. The van der Waals surface area contributed by atoms with E-state index in [2.05, 4.69) is 65.5 Å². The van der Waals surface area contributed by atoms with Crippen LogP contribution in [0.5, 0.6) is 0 Å². The Labute approximate surface area is 305 Å². The second-order valence-electron chi connectivity index (χ2n) is 12.2. The maximum Gasteiger partial charge on any atom is 0.150 e. The van der Waals surface area contributed by atoms with Gasteiger partial charge in [-0.1, -0.05) is 0 Å². The highest BCUT2D eigenvalue weighted by Gasteiger charge is 2.28. The molecule has 9 rings (SSSR count). The number of aldehydes is 1. The van der Waals surface area contributed by atoms with Crippen molar-refractivity contribution in [3.8, 4) is 0 Å². The number of hydrogen-bond acceptors (Lipinski definition) is 7. The van der Waals surface area contributed by atoms with Crippen LogP contribution >= 0.6 is 43.6 Å². The lowest BCUT2D eigenvalue weighted by Gasteiger charge is -2.34. The van der Waals surface area contributed by atoms with Crippen LogP contribution in [0.3, 0.4) is 0 Å². The van der Waals surface area contributed by atoms with Crippen LogP contribution in [0.4, 0.5) is 13.2 Å². The first-order valence-corrected chi connectivity index (χ1v) is 19.2. The lowest BCUT2D eigenvalue weighted by atomic mass is 9.98. The van der Waals surface area contributed by atoms with Crippen LogP contribution in [0, 0.1) is 7.26 Å². The van der Waals surface area contributed by atoms with Crippen LogP contribution in [-0.4, -0.2) is 92.9 Å². The van der Waals surface area contributed by atoms with Crippen molar-refractivity contribution in [3.05, 3.63) is 106 Å². The highest BCUT2D eigenvalue weighted by molar-refractivity contribution is 14.1. The van der Waals surface area contributed by atoms with Crippen molar-refractivity contribution in [2.45, 2.75) is 48.4 Å². The number of alkyl halides is 4. The first-order chi connectivity index (χ1) is 23.8. The van der Waals surface area contributed by atoms with Gasteiger partial charge in [-0.15, -0.1) is 0 Å². The van der Waals surface area contributed by atoms with Gasteiger partial charge in [-0.2, -0.15) is 0 Å². The highest BCUT2D eigenvalue weighted by atomic mass is 127. The molecule has 3 fully saturated rings. The molecular formula is C34H36F3I2N9O. The van der Waals surface area contributed by atoms with E-state index < -0.39 is 18.5 Å². The smallest absolute Gasteiger partial charge is 0.150 e. The summed E-state index contributed by atoms with van der Waals surface area (Å²) in [6.45, 7) is 3.91. The number of nitrogens with one attached hydrogen (secondary N) is 1. The third-order valence-electron chi connectivity index (χ3n) is 8.37. The van der Waals surface area contributed by atoms with Crippen LogP contribution in [0.2, 0.25) is 0 Å². The molecule has 0 bridgehead atoms. The molecule has 1 aliphatic carbocycles. The molecule has 0 radical (unpaired) electrons. The number of carbonyl (C=O) groups excluding carboxylic acids is 1. The molecule has 0 unspecified atom stereocenters. The highest BCUT2D eigenvalue weighted by Crippen LogP contribution is 2.33. The van der Waals surface area contributed by atoms with Gasteiger partial charge in [0.2, 0.25) is 0 Å². The standard InChI is InChI=1S/C11H11FIN3.C11H12FN3.C8H6N2O.C4H7FIN/c12-9-6-15(7-9)5-8-1-2-16-10(13)4-14-11(16)3-8;12-10-7-14(8-10)6-9-1-3-15-4-2-13-11(15)5-9;11-6-7-1-3-10-4-2-9-8(10)5-7;5-3-1-4(2-3)6-7/h1-4,9H,5-7H2;1-5,10H,6-8H2;1-6H;3-4,7H,1-2H2. The molecule has 1 saturated carbocycles. The molecule has 3 aliphatic rings. The number of rotatable bonds is 6. The first-order valence-electron chi connectivity index (χ1n) is 15.8. The minimum absolute atomic E-state index is 0.386. The average molecular weight is 898 g/mol. The summed E-state index contributed by atoms with van der Waals surface area (Å²) < 4.78 is 51.5. The van der Waals surface area contributed by atoms with Crippen LogP contribution in [-0.2, 0) is 13.1 Å². The van der Waals surface area contributed by atoms with Gasteiger partial charge >= 0.3 is 0 Å². The van der Waals surface area contributed by atoms with Crippen molar-refractivity contribution >= 4 is 66.9 Å². The van der Waals surface area contributed by atoms with Gasteiger partial charge in [-0.3, -0.25) is 22.6 Å². The van der Waals surface area contributed by atoms with Crippen LogP contribution in [0.1, 0.15) is 34.3 Å². The molecule has 15 heteroatoms. The van der Waals surface area contributed by atoms with Gasteiger partial charge < -0.3 is 8.80 Å². The molecule has 6 aromatic heterocycles. The average Bonchev–Trinajstić information content (AvgIpc) is 3.82. The van der Waals surface area contributed by atoms with Gasteiger partial charge in [0, 0.05) is 92.1 Å². The van der Waals surface area contributed by atoms with Crippen LogP contribution in [0.25, 0.3) is 16.9 Å². The number of pyridine rings is 3. The van der Waals surface area contributed by atoms with E-state index in [1.165, 1.54) is 11.1 Å². The maximum atomic E-state index is 12.7. The number of fused-ring (bicyclic) bond motifs is 3. The minimum Gasteiger partial charge on any atom is -0.307 e. The lowest BCUT2D eigenvalue weighted by molar-refractivity contribution is 0.0590. The first kappa shape index (κ1) is 35.5. The Bertz CT molecular complexity index is 2000. The van der Waals surface area contributed by atoms with Gasteiger partial charge in [-0.05, 0) is 104 Å². The molecule has 2 saturated heterocycles. The van der Waals surface area contributed by atoms with E-state index in [1.807, 2.05) is 56.4 Å². The fraction of sp³-hybridized carbons (Fsp3) is 0.353. The molecule has 49 heavy (non-hydrogen) atoms. The summed E-state index contributed by atoms with van der Waals surface area (Å²) in [7, 11) is 0. The zero-order valence-corrected chi connectivity index (χ0v) is 30.8. The molecule has 0 atom stereocenters. The van der Waals surface area contributed by atoms with E-state index in [4.69, 9.17) is 3.56 Å². The summed E-state index contributed by atoms with van der Waals surface area (Å²) in [6.07, 6.45) is 15.3. The largest absolute Gasteiger partial charge is 0.307 e. The van der Waals surface area contributed by atoms with E-state index in [0.29, 0.717) is 48.5 Å². The summed E-state index contributed by atoms with van der Waals surface area (Å²) in [5.74, 6) is 0. The number of hydrogen-bond donors (Lipinski definition) is 1. The predicted octanol–water partition coefficient (Wildman–Crippen LogP) is 6.95. The summed E-state index contributed by atoms with van der Waals surface area (Å²) in [4.78, 5) is 27.1. The molecule has 0 spiro atoms. The van der Waals surface area contributed by atoms with E-state index in [9.17, 15) is 18.0 Å². The Balaban J connectivity index is 0.000000118. The molecule has 0 amide bonds. The van der Waals surface area contributed by atoms with E-state index in [1.54, 1.807) is 24.5 Å². The number of carbonyl (C=O) groups is 1. The molecule has 258 valence electrons. The summed E-state index contributed by atoms with van der Waals surface area (Å²) in [6, 6.07) is 11.7. The number of aromatic nitrogens is 6. The SMILES string of the molecule is FC1CN(Cc2ccn3c(I)cnc3c2)C1.FC1CN(Cc2ccn3ccnc3c2)C1.N=IC1CC(F)C1.O=Cc1ccn2ccnc2c1. The Morgan fingerprint density at radius 1 is 0.755 bits per heavy atom.